The monoisotopic (exact) mass is 186 g/mol. The van der Waals surface area contributed by atoms with Gasteiger partial charge < -0.3 is 10.6 Å². The number of amides is 1. The standard InChI is InChI=1S/C8H14N2OS/c9-6-3-10(4-6)8(11)5-12-7-1-2-7/h6-7H,1-5,9H2. The molecule has 1 saturated carbocycles. The van der Waals surface area contributed by atoms with Gasteiger partial charge in [-0.2, -0.15) is 0 Å². The Hall–Kier alpha value is -0.220. The molecule has 1 amide bonds. The molecule has 1 aliphatic carbocycles. The van der Waals surface area contributed by atoms with Gasteiger partial charge in [0.2, 0.25) is 5.91 Å². The molecule has 2 rings (SSSR count). The van der Waals surface area contributed by atoms with Crippen LogP contribution in [-0.4, -0.2) is 40.9 Å². The summed E-state index contributed by atoms with van der Waals surface area (Å²) in [6.45, 7) is 1.54. The number of thioether (sulfide) groups is 1. The van der Waals surface area contributed by atoms with Crippen LogP contribution in [0.15, 0.2) is 0 Å². The van der Waals surface area contributed by atoms with Crippen LogP contribution in [0.3, 0.4) is 0 Å². The third kappa shape index (κ3) is 1.93. The number of carbonyl (C=O) groups is 1. The largest absolute Gasteiger partial charge is 0.339 e. The highest BCUT2D eigenvalue weighted by Crippen LogP contribution is 2.34. The van der Waals surface area contributed by atoms with Gasteiger partial charge in [0.15, 0.2) is 0 Å². The van der Waals surface area contributed by atoms with Crippen LogP contribution in [0.25, 0.3) is 0 Å². The summed E-state index contributed by atoms with van der Waals surface area (Å²) < 4.78 is 0. The van der Waals surface area contributed by atoms with Crippen LogP contribution in [0.2, 0.25) is 0 Å². The minimum absolute atomic E-state index is 0.236. The van der Waals surface area contributed by atoms with Gasteiger partial charge in [-0.25, -0.2) is 0 Å². The number of hydrogen-bond donors (Lipinski definition) is 1. The van der Waals surface area contributed by atoms with E-state index in [4.69, 9.17) is 5.73 Å². The van der Waals surface area contributed by atoms with E-state index in [1.807, 2.05) is 4.90 Å². The van der Waals surface area contributed by atoms with Crippen molar-refractivity contribution < 1.29 is 4.79 Å². The molecule has 2 N–H and O–H groups in total. The van der Waals surface area contributed by atoms with E-state index in [9.17, 15) is 4.79 Å². The second kappa shape index (κ2) is 3.26. The number of nitrogens with two attached hydrogens (primary N) is 1. The molecule has 2 aliphatic rings. The van der Waals surface area contributed by atoms with E-state index >= 15 is 0 Å². The van der Waals surface area contributed by atoms with Gasteiger partial charge in [0.05, 0.1) is 5.75 Å². The van der Waals surface area contributed by atoms with Gasteiger partial charge in [0.1, 0.15) is 0 Å². The first-order chi connectivity index (χ1) is 5.75. The third-order valence-corrected chi connectivity index (χ3v) is 3.59. The predicted molar refractivity (Wildman–Crippen MR) is 50.0 cm³/mol. The van der Waals surface area contributed by atoms with Crippen LogP contribution >= 0.6 is 11.8 Å². The van der Waals surface area contributed by atoms with Crippen LogP contribution < -0.4 is 5.73 Å². The Bertz CT molecular complexity index is 187. The molecule has 0 aromatic rings. The van der Waals surface area contributed by atoms with Crippen LogP contribution in [-0.2, 0) is 4.79 Å². The van der Waals surface area contributed by atoms with Gasteiger partial charge in [-0.05, 0) is 12.8 Å². The second-order valence-corrected chi connectivity index (χ2v) is 4.86. The normalized spacial score (nSPS) is 23.9. The quantitative estimate of drug-likeness (QED) is 0.677. The lowest BCUT2D eigenvalue weighted by Gasteiger charge is -2.36. The van der Waals surface area contributed by atoms with Crippen LogP contribution in [0.1, 0.15) is 12.8 Å². The minimum Gasteiger partial charge on any atom is -0.339 e. The van der Waals surface area contributed by atoms with Crippen molar-refractivity contribution in [2.45, 2.75) is 24.1 Å². The fourth-order valence-corrected chi connectivity index (χ4v) is 2.26. The van der Waals surface area contributed by atoms with Crippen LogP contribution in [0, 0.1) is 0 Å². The molecule has 0 aromatic heterocycles. The van der Waals surface area contributed by atoms with Crippen molar-refractivity contribution >= 4 is 17.7 Å². The van der Waals surface area contributed by atoms with Crippen LogP contribution in [0.5, 0.6) is 0 Å². The van der Waals surface area contributed by atoms with E-state index in [0.717, 1.165) is 18.3 Å². The van der Waals surface area contributed by atoms with E-state index in [2.05, 4.69) is 0 Å². The zero-order chi connectivity index (χ0) is 8.55. The predicted octanol–water partition coefficient (Wildman–Crippen LogP) is 0.0515. The van der Waals surface area contributed by atoms with E-state index in [1.54, 1.807) is 11.8 Å². The smallest absolute Gasteiger partial charge is 0.232 e. The Morgan fingerprint density at radius 3 is 2.67 bits per heavy atom. The first-order valence-corrected chi connectivity index (χ1v) is 5.45. The molecule has 3 nitrogen and oxygen atoms in total. The average molecular weight is 186 g/mol. The van der Waals surface area contributed by atoms with E-state index in [-0.39, 0.29) is 11.9 Å². The highest BCUT2D eigenvalue weighted by Gasteiger charge is 2.29. The molecule has 0 atom stereocenters. The van der Waals surface area contributed by atoms with E-state index < -0.39 is 0 Å². The maximum absolute atomic E-state index is 11.4. The van der Waals surface area contributed by atoms with Crippen molar-refractivity contribution in [1.29, 1.82) is 0 Å². The molecule has 68 valence electrons. The molecular formula is C8H14N2OS. The van der Waals surface area contributed by atoms with Gasteiger partial charge in [-0.3, -0.25) is 4.79 Å². The van der Waals surface area contributed by atoms with Crippen molar-refractivity contribution in [2.24, 2.45) is 5.73 Å². The fourth-order valence-electron chi connectivity index (χ4n) is 1.23. The summed E-state index contributed by atoms with van der Waals surface area (Å²) in [5, 5.41) is 0.781. The lowest BCUT2D eigenvalue weighted by Crippen LogP contribution is -2.58. The number of carbonyl (C=O) groups excluding carboxylic acids is 1. The topological polar surface area (TPSA) is 46.3 Å². The third-order valence-electron chi connectivity index (χ3n) is 2.23. The van der Waals surface area contributed by atoms with E-state index in [0.29, 0.717) is 5.75 Å². The van der Waals surface area contributed by atoms with Gasteiger partial charge in [-0.15, -0.1) is 11.8 Å². The summed E-state index contributed by atoms with van der Waals surface area (Å²) in [5.41, 5.74) is 5.57. The summed E-state index contributed by atoms with van der Waals surface area (Å²) >= 11 is 1.80. The van der Waals surface area contributed by atoms with Crippen molar-refractivity contribution in [3.05, 3.63) is 0 Å². The highest BCUT2D eigenvalue weighted by molar-refractivity contribution is 8.00. The van der Waals surface area contributed by atoms with Crippen molar-refractivity contribution in [2.75, 3.05) is 18.8 Å². The molecule has 0 bridgehead atoms. The Labute approximate surface area is 76.7 Å². The molecule has 0 radical (unpaired) electrons. The summed E-state index contributed by atoms with van der Waals surface area (Å²) in [4.78, 5) is 13.2. The van der Waals surface area contributed by atoms with Crippen molar-refractivity contribution in [3.8, 4) is 0 Å². The molecule has 0 unspecified atom stereocenters. The van der Waals surface area contributed by atoms with Crippen molar-refractivity contribution in [1.82, 2.24) is 4.90 Å². The average Bonchev–Trinajstić information content (AvgIpc) is 2.77. The summed E-state index contributed by atoms with van der Waals surface area (Å²) in [7, 11) is 0. The number of likely N-dealkylation sites (tertiary alicyclic amines) is 1. The van der Waals surface area contributed by atoms with Crippen LogP contribution in [0.4, 0.5) is 0 Å². The lowest BCUT2D eigenvalue weighted by molar-refractivity contribution is -0.132. The maximum Gasteiger partial charge on any atom is 0.232 e. The number of rotatable bonds is 3. The van der Waals surface area contributed by atoms with E-state index in [1.165, 1.54) is 12.8 Å². The molecule has 4 heteroatoms. The Balaban J connectivity index is 1.63. The van der Waals surface area contributed by atoms with Crippen molar-refractivity contribution in [3.63, 3.8) is 0 Å². The first-order valence-electron chi connectivity index (χ1n) is 4.40. The SMILES string of the molecule is NC1CN(C(=O)CSC2CC2)C1. The zero-order valence-corrected chi connectivity index (χ0v) is 7.85. The summed E-state index contributed by atoms with van der Waals surface area (Å²) in [6.07, 6.45) is 2.61. The number of hydrogen-bond acceptors (Lipinski definition) is 3. The molecule has 1 aliphatic heterocycles. The summed E-state index contributed by atoms with van der Waals surface area (Å²) in [6, 6.07) is 0.236. The molecular weight excluding hydrogens is 172 g/mol. The van der Waals surface area contributed by atoms with Gasteiger partial charge in [-0.1, -0.05) is 0 Å². The second-order valence-electron chi connectivity index (χ2n) is 3.57. The number of nitrogens with zero attached hydrogens (tertiary/aromatic N) is 1. The molecule has 0 aromatic carbocycles. The molecule has 12 heavy (non-hydrogen) atoms. The van der Waals surface area contributed by atoms with Gasteiger partial charge in [0, 0.05) is 24.4 Å². The Kier molecular flexibility index (Phi) is 2.28. The minimum atomic E-state index is 0.236. The molecule has 2 fully saturated rings. The fraction of sp³-hybridized carbons (Fsp3) is 0.875. The molecule has 1 heterocycles. The summed E-state index contributed by atoms with van der Waals surface area (Å²) in [5.74, 6) is 0.936. The molecule has 0 spiro atoms. The Morgan fingerprint density at radius 1 is 1.50 bits per heavy atom. The van der Waals surface area contributed by atoms with Gasteiger partial charge >= 0.3 is 0 Å². The lowest BCUT2D eigenvalue weighted by atomic mass is 10.1. The Morgan fingerprint density at radius 2 is 2.17 bits per heavy atom. The maximum atomic E-state index is 11.4. The molecule has 1 saturated heterocycles. The highest BCUT2D eigenvalue weighted by atomic mass is 32.2. The first kappa shape index (κ1) is 8.38. The zero-order valence-electron chi connectivity index (χ0n) is 7.03. The van der Waals surface area contributed by atoms with Gasteiger partial charge in [0.25, 0.3) is 0 Å².